The van der Waals surface area contributed by atoms with Crippen molar-refractivity contribution in [1.82, 2.24) is 15.6 Å². The van der Waals surface area contributed by atoms with Crippen LogP contribution in [-0.2, 0) is 11.3 Å². The number of para-hydroxylation sites is 1. The van der Waals surface area contributed by atoms with Crippen molar-refractivity contribution in [3.8, 4) is 0 Å². The Labute approximate surface area is 203 Å². The van der Waals surface area contributed by atoms with Gasteiger partial charge >= 0.3 is 13.3 Å². The number of urea groups is 1. The fourth-order valence-corrected chi connectivity index (χ4v) is 4.86. The molecule has 0 saturated heterocycles. The Morgan fingerprint density at radius 2 is 1.85 bits per heavy atom. The highest BCUT2D eigenvalue weighted by Gasteiger charge is 2.40. The maximum atomic E-state index is 13.4. The number of likely N-dealkylation sites (N-methyl/N-ethyl adjacent to an activating group) is 1. The van der Waals surface area contributed by atoms with Crippen molar-refractivity contribution in [3.63, 3.8) is 0 Å². The molecular weight excluding hydrogens is 451 g/mol. The van der Waals surface area contributed by atoms with Gasteiger partial charge in [0.2, 0.25) is 0 Å². The number of anilines is 1. The molecule has 4 rings (SSSR count). The van der Waals surface area contributed by atoms with Crippen LogP contribution in [0.4, 0.5) is 15.3 Å². The molecule has 0 fully saturated rings. The van der Waals surface area contributed by atoms with Crippen LogP contribution in [0.2, 0.25) is 0 Å². The van der Waals surface area contributed by atoms with Crippen LogP contribution >= 0.6 is 11.8 Å². The third kappa shape index (κ3) is 4.94. The van der Waals surface area contributed by atoms with Crippen molar-refractivity contribution in [2.45, 2.75) is 25.6 Å². The molecule has 1 radical (unpaired) electrons. The first-order valence-corrected chi connectivity index (χ1v) is 12.3. The Balaban J connectivity index is 1.58. The summed E-state index contributed by atoms with van der Waals surface area (Å²) >= 11 is 1.24. The van der Waals surface area contributed by atoms with Gasteiger partial charge in [-0.25, -0.2) is 4.79 Å². The Hall–Kier alpha value is -3.34. The fourth-order valence-electron chi connectivity index (χ4n) is 4.24. The number of nitrogens with one attached hydrogen (secondary N) is 2. The molecule has 3 amide bonds. The van der Waals surface area contributed by atoms with E-state index in [9.17, 15) is 14.4 Å². The normalized spacial score (nSPS) is 18.2. The second-order valence-corrected chi connectivity index (χ2v) is 8.88. The summed E-state index contributed by atoms with van der Waals surface area (Å²) in [6.07, 6.45) is 0. The Bertz CT molecular complexity index is 1110. The first-order valence-electron chi connectivity index (χ1n) is 11.1. The van der Waals surface area contributed by atoms with Crippen LogP contribution < -0.4 is 15.5 Å². The zero-order valence-corrected chi connectivity index (χ0v) is 19.9. The second kappa shape index (κ2) is 10.7. The van der Waals surface area contributed by atoms with E-state index in [0.717, 1.165) is 29.7 Å². The van der Waals surface area contributed by atoms with Gasteiger partial charge < -0.3 is 20.3 Å². The number of nitrogens with zero attached hydrogens (tertiary/aromatic N) is 4. The van der Waals surface area contributed by atoms with Gasteiger partial charge in [-0.2, -0.15) is 5.11 Å². The first-order chi connectivity index (χ1) is 16.5. The molecule has 2 unspecified atom stereocenters. The molecular formula is C23H26BN6O3S. The number of hydrogen-bond acceptors (Lipinski definition) is 7. The van der Waals surface area contributed by atoms with Gasteiger partial charge in [0.1, 0.15) is 17.8 Å². The van der Waals surface area contributed by atoms with E-state index in [4.69, 9.17) is 0 Å². The lowest BCUT2D eigenvalue weighted by molar-refractivity contribution is -0.109. The van der Waals surface area contributed by atoms with Crippen molar-refractivity contribution in [2.75, 3.05) is 30.1 Å². The highest BCUT2D eigenvalue weighted by molar-refractivity contribution is 8.00. The highest BCUT2D eigenvalue weighted by atomic mass is 32.2. The minimum atomic E-state index is -0.375. The molecule has 2 aliphatic heterocycles. The molecule has 2 aromatic carbocycles. The van der Waals surface area contributed by atoms with Gasteiger partial charge in [-0.15, -0.1) is 11.8 Å². The molecule has 34 heavy (non-hydrogen) atoms. The molecule has 175 valence electrons. The van der Waals surface area contributed by atoms with E-state index < -0.39 is 0 Å². The summed E-state index contributed by atoms with van der Waals surface area (Å²) < 4.78 is 0. The third-order valence-corrected chi connectivity index (χ3v) is 6.68. The Kier molecular flexibility index (Phi) is 7.51. The predicted molar refractivity (Wildman–Crippen MR) is 133 cm³/mol. The maximum Gasteiger partial charge on any atom is 0.322 e. The minimum Gasteiger partial charge on any atom is -0.341 e. The third-order valence-electron chi connectivity index (χ3n) is 5.84. The number of carbonyl (C=O) groups is 3. The van der Waals surface area contributed by atoms with Gasteiger partial charge in [0, 0.05) is 30.6 Å². The molecule has 2 aromatic rings. The number of benzene rings is 2. The van der Waals surface area contributed by atoms with Crippen molar-refractivity contribution >= 4 is 42.2 Å². The van der Waals surface area contributed by atoms with Crippen LogP contribution in [0.1, 0.15) is 35.7 Å². The van der Waals surface area contributed by atoms with E-state index in [2.05, 4.69) is 21.0 Å². The van der Waals surface area contributed by atoms with E-state index in [1.165, 1.54) is 18.8 Å². The smallest absolute Gasteiger partial charge is 0.322 e. The molecule has 0 spiro atoms. The molecule has 2 N–H and O–H groups in total. The van der Waals surface area contributed by atoms with Gasteiger partial charge in [-0.3, -0.25) is 9.80 Å². The minimum absolute atomic E-state index is 0.0912. The maximum absolute atomic E-state index is 13.4. The number of amides is 3. The molecule has 0 aromatic heterocycles. The number of hydrogen-bond donors (Lipinski definition) is 2. The standard InChI is InChI=1S/C23H26BN6O3S/c1-3-30-21-17-10-6-7-11-18(17)29(12-15-8-4-5-9-16(15)20(21)27-28-30)22(32)24-19(31)13-34-14-26-23(33)25-2/h4-11,20-21H,3,12-14H2,1-2H3,(H2,25,26,33). The number of rotatable bonds is 7. The summed E-state index contributed by atoms with van der Waals surface area (Å²) in [5.41, 5.74) is 3.40. The quantitative estimate of drug-likeness (QED) is 0.361. The molecule has 0 bridgehead atoms. The summed E-state index contributed by atoms with van der Waals surface area (Å²) in [6.45, 7) is 3.04. The molecule has 0 saturated carbocycles. The van der Waals surface area contributed by atoms with Crippen LogP contribution in [0, 0.1) is 0 Å². The SMILES string of the molecule is CCN1N=NC2c3ccccc3CN(C(=O)[B]C(=O)CSCNC(=O)NC)c3ccccc3C21. The monoisotopic (exact) mass is 477 g/mol. The lowest BCUT2D eigenvalue weighted by Crippen LogP contribution is -2.40. The average Bonchev–Trinajstić information content (AvgIpc) is 3.27. The number of fused-ring (bicyclic) bond motifs is 5. The molecule has 0 aliphatic carbocycles. The Morgan fingerprint density at radius 3 is 2.62 bits per heavy atom. The van der Waals surface area contributed by atoms with E-state index in [0.29, 0.717) is 13.1 Å². The van der Waals surface area contributed by atoms with E-state index in [1.807, 2.05) is 60.5 Å². The van der Waals surface area contributed by atoms with Gasteiger partial charge in [0.25, 0.3) is 0 Å². The number of carbonyl (C=O) groups excluding carboxylic acids is 3. The molecule has 2 atom stereocenters. The van der Waals surface area contributed by atoms with Crippen molar-refractivity contribution < 1.29 is 14.4 Å². The van der Waals surface area contributed by atoms with E-state index in [1.54, 1.807) is 4.90 Å². The van der Waals surface area contributed by atoms with Gasteiger partial charge in [0.15, 0.2) is 5.81 Å². The van der Waals surface area contributed by atoms with E-state index in [-0.39, 0.29) is 41.2 Å². The summed E-state index contributed by atoms with van der Waals surface area (Å²) in [5.74, 6) is -0.00930. The average molecular weight is 477 g/mol. The number of thioether (sulfide) groups is 1. The molecule has 2 aliphatic rings. The van der Waals surface area contributed by atoms with Crippen LogP contribution in [0.25, 0.3) is 0 Å². The fraction of sp³-hybridized carbons (Fsp3) is 0.348. The molecule has 11 heteroatoms. The summed E-state index contributed by atoms with van der Waals surface area (Å²) in [5, 5.41) is 16.0. The van der Waals surface area contributed by atoms with Crippen LogP contribution in [0.5, 0.6) is 0 Å². The van der Waals surface area contributed by atoms with Crippen LogP contribution in [0.3, 0.4) is 0 Å². The lowest BCUT2D eigenvalue weighted by Gasteiger charge is -2.35. The van der Waals surface area contributed by atoms with Crippen molar-refractivity contribution in [2.24, 2.45) is 10.3 Å². The zero-order valence-electron chi connectivity index (χ0n) is 19.1. The Morgan fingerprint density at radius 1 is 1.12 bits per heavy atom. The van der Waals surface area contributed by atoms with Gasteiger partial charge in [0.05, 0.1) is 12.4 Å². The topological polar surface area (TPSA) is 106 Å². The lowest BCUT2D eigenvalue weighted by atomic mass is 9.71. The second-order valence-electron chi connectivity index (χ2n) is 7.89. The summed E-state index contributed by atoms with van der Waals surface area (Å²) in [4.78, 5) is 38.8. The predicted octanol–water partition coefficient (Wildman–Crippen LogP) is 3.46. The van der Waals surface area contributed by atoms with Crippen LogP contribution in [-0.4, -0.2) is 55.0 Å². The molecule has 2 heterocycles. The van der Waals surface area contributed by atoms with Crippen LogP contribution in [0.15, 0.2) is 58.9 Å². The largest absolute Gasteiger partial charge is 0.341 e. The molecule has 9 nitrogen and oxygen atoms in total. The summed E-state index contributed by atoms with van der Waals surface area (Å²) in [7, 11) is 2.67. The van der Waals surface area contributed by atoms with E-state index >= 15 is 0 Å². The highest BCUT2D eigenvalue weighted by Crippen LogP contribution is 2.47. The summed E-state index contributed by atoms with van der Waals surface area (Å²) in [6, 6.07) is 15.1. The first kappa shape index (κ1) is 23.8. The van der Waals surface area contributed by atoms with Crippen molar-refractivity contribution in [3.05, 3.63) is 65.2 Å². The zero-order chi connectivity index (χ0) is 24.1. The van der Waals surface area contributed by atoms with Gasteiger partial charge in [-0.1, -0.05) is 47.7 Å². The van der Waals surface area contributed by atoms with Crippen molar-refractivity contribution in [1.29, 1.82) is 0 Å². The van der Waals surface area contributed by atoms with Gasteiger partial charge in [-0.05, 0) is 24.1 Å².